The van der Waals surface area contributed by atoms with Crippen molar-refractivity contribution < 1.29 is 5.11 Å². The van der Waals surface area contributed by atoms with Crippen LogP contribution in [0.5, 0.6) is 0 Å². The van der Waals surface area contributed by atoms with Gasteiger partial charge in [-0.3, -0.25) is 0 Å². The number of aromatic nitrogens is 2. The Hall–Kier alpha value is -1.39. The zero-order valence-electron chi connectivity index (χ0n) is 10.1. The number of aliphatic hydroxyl groups is 1. The van der Waals surface area contributed by atoms with E-state index in [-0.39, 0.29) is 6.10 Å². The number of aromatic amines is 1. The van der Waals surface area contributed by atoms with Crippen LogP contribution in [-0.4, -0.2) is 27.7 Å². The highest BCUT2D eigenvalue weighted by molar-refractivity contribution is 5.79. The lowest BCUT2D eigenvalue weighted by Crippen LogP contribution is -2.26. The molecule has 2 heterocycles. The second kappa shape index (κ2) is 5.80. The fourth-order valence-electron chi connectivity index (χ4n) is 1.97. The first kappa shape index (κ1) is 12.1. The summed E-state index contributed by atoms with van der Waals surface area (Å²) in [5.41, 5.74) is 2.11. The Bertz CT molecular complexity index is 466. The summed E-state index contributed by atoms with van der Waals surface area (Å²) in [4.78, 5) is 7.38. The van der Waals surface area contributed by atoms with Gasteiger partial charge >= 0.3 is 0 Å². The highest BCUT2D eigenvalue weighted by Gasteiger charge is 2.05. The molecule has 0 aliphatic rings. The lowest BCUT2D eigenvalue weighted by atomic mass is 10.2. The molecular weight excluding hydrogens is 214 g/mol. The molecule has 2 rings (SSSR count). The molecule has 1 unspecified atom stereocenters. The van der Waals surface area contributed by atoms with Crippen LogP contribution in [0, 0.1) is 0 Å². The van der Waals surface area contributed by atoms with Gasteiger partial charge in [-0.05, 0) is 24.1 Å². The third-order valence-corrected chi connectivity index (χ3v) is 2.85. The fraction of sp³-hybridized carbons (Fsp3) is 0.462. The van der Waals surface area contributed by atoms with Gasteiger partial charge in [0.2, 0.25) is 0 Å². The maximum atomic E-state index is 9.61. The van der Waals surface area contributed by atoms with Crippen LogP contribution in [0.25, 0.3) is 11.0 Å². The first-order chi connectivity index (χ1) is 8.31. The number of rotatable bonds is 6. The summed E-state index contributed by atoms with van der Waals surface area (Å²) in [6, 6.07) is 3.99. The van der Waals surface area contributed by atoms with E-state index in [1.54, 1.807) is 6.20 Å². The molecule has 3 N–H and O–H groups in total. The molecule has 0 bridgehead atoms. The molecule has 0 saturated carbocycles. The molecule has 0 saturated heterocycles. The molecule has 92 valence electrons. The Balaban J connectivity index is 1.91. The van der Waals surface area contributed by atoms with E-state index in [1.165, 1.54) is 5.56 Å². The molecular formula is C13H19N3O. The molecule has 0 amide bonds. The largest absolute Gasteiger partial charge is 0.392 e. The molecule has 4 nitrogen and oxygen atoms in total. The normalized spacial score (nSPS) is 13.1. The van der Waals surface area contributed by atoms with Crippen LogP contribution < -0.4 is 5.32 Å². The van der Waals surface area contributed by atoms with E-state index in [0.717, 1.165) is 30.4 Å². The second-order valence-corrected chi connectivity index (χ2v) is 4.29. The summed E-state index contributed by atoms with van der Waals surface area (Å²) in [5.74, 6) is 0. The quantitative estimate of drug-likeness (QED) is 0.713. The summed E-state index contributed by atoms with van der Waals surface area (Å²) < 4.78 is 0. The maximum absolute atomic E-state index is 9.61. The Labute approximate surface area is 101 Å². The minimum atomic E-state index is -0.247. The van der Waals surface area contributed by atoms with E-state index < -0.39 is 0 Å². The van der Waals surface area contributed by atoms with Gasteiger partial charge in [-0.1, -0.05) is 13.3 Å². The van der Waals surface area contributed by atoms with Crippen LogP contribution in [0.15, 0.2) is 24.5 Å². The molecule has 0 aliphatic carbocycles. The van der Waals surface area contributed by atoms with Crippen LogP contribution in [0.1, 0.15) is 25.3 Å². The Morgan fingerprint density at radius 1 is 1.53 bits per heavy atom. The van der Waals surface area contributed by atoms with E-state index in [4.69, 9.17) is 0 Å². The van der Waals surface area contributed by atoms with Gasteiger partial charge in [0.25, 0.3) is 0 Å². The van der Waals surface area contributed by atoms with Crippen molar-refractivity contribution in [3.63, 3.8) is 0 Å². The summed E-state index contributed by atoms with van der Waals surface area (Å²) in [7, 11) is 0. The Morgan fingerprint density at radius 2 is 2.41 bits per heavy atom. The number of nitrogens with one attached hydrogen (secondary N) is 2. The molecule has 0 aliphatic heterocycles. The highest BCUT2D eigenvalue weighted by atomic mass is 16.3. The average Bonchev–Trinajstić information content (AvgIpc) is 2.73. The van der Waals surface area contributed by atoms with Crippen LogP contribution in [-0.2, 0) is 6.54 Å². The Morgan fingerprint density at radius 3 is 3.24 bits per heavy atom. The summed E-state index contributed by atoms with van der Waals surface area (Å²) in [6.07, 6.45) is 5.36. The maximum Gasteiger partial charge on any atom is 0.137 e. The smallest absolute Gasteiger partial charge is 0.137 e. The highest BCUT2D eigenvalue weighted by Crippen LogP contribution is 2.14. The number of fused-ring (bicyclic) bond motifs is 1. The van der Waals surface area contributed by atoms with Gasteiger partial charge in [-0.2, -0.15) is 0 Å². The van der Waals surface area contributed by atoms with E-state index in [1.807, 2.05) is 12.3 Å². The van der Waals surface area contributed by atoms with Crippen molar-refractivity contribution in [2.24, 2.45) is 0 Å². The van der Waals surface area contributed by atoms with Gasteiger partial charge in [-0.25, -0.2) is 4.98 Å². The number of pyridine rings is 1. The van der Waals surface area contributed by atoms with Crippen LogP contribution in [0.4, 0.5) is 0 Å². The SMILES string of the molecule is CCCC(O)CNCc1c[nH]c2ncccc12. The van der Waals surface area contributed by atoms with Crippen molar-refractivity contribution in [1.29, 1.82) is 0 Å². The zero-order chi connectivity index (χ0) is 12.1. The van der Waals surface area contributed by atoms with Gasteiger partial charge in [0.05, 0.1) is 6.10 Å². The molecule has 2 aromatic heterocycles. The van der Waals surface area contributed by atoms with E-state index in [2.05, 4.69) is 28.3 Å². The average molecular weight is 233 g/mol. The van der Waals surface area contributed by atoms with Crippen LogP contribution >= 0.6 is 0 Å². The molecule has 0 fully saturated rings. The summed E-state index contributed by atoms with van der Waals surface area (Å²) in [6.45, 7) is 3.47. The predicted molar refractivity (Wildman–Crippen MR) is 68.7 cm³/mol. The first-order valence-electron chi connectivity index (χ1n) is 6.11. The van der Waals surface area contributed by atoms with Crippen molar-refractivity contribution in [3.05, 3.63) is 30.1 Å². The Kier molecular flexibility index (Phi) is 4.12. The van der Waals surface area contributed by atoms with Gasteiger partial charge in [0, 0.05) is 30.9 Å². The molecule has 0 spiro atoms. The molecule has 2 aromatic rings. The lowest BCUT2D eigenvalue weighted by Gasteiger charge is -2.09. The van der Waals surface area contributed by atoms with Gasteiger partial charge in [0.15, 0.2) is 0 Å². The lowest BCUT2D eigenvalue weighted by molar-refractivity contribution is 0.160. The van der Waals surface area contributed by atoms with Crippen molar-refractivity contribution in [2.45, 2.75) is 32.4 Å². The number of hydrogen-bond acceptors (Lipinski definition) is 3. The predicted octanol–water partition coefficient (Wildman–Crippen LogP) is 1.81. The van der Waals surface area contributed by atoms with Gasteiger partial charge in [0.1, 0.15) is 5.65 Å². The van der Waals surface area contributed by atoms with Crippen molar-refractivity contribution in [3.8, 4) is 0 Å². The van der Waals surface area contributed by atoms with Crippen molar-refractivity contribution >= 4 is 11.0 Å². The molecule has 4 heteroatoms. The third kappa shape index (κ3) is 3.05. The number of nitrogens with zero attached hydrogens (tertiary/aromatic N) is 1. The van der Waals surface area contributed by atoms with E-state index >= 15 is 0 Å². The zero-order valence-corrected chi connectivity index (χ0v) is 10.1. The minimum absolute atomic E-state index is 0.247. The van der Waals surface area contributed by atoms with Crippen LogP contribution in [0.2, 0.25) is 0 Å². The summed E-state index contributed by atoms with van der Waals surface area (Å²) >= 11 is 0. The van der Waals surface area contributed by atoms with Crippen molar-refractivity contribution in [2.75, 3.05) is 6.54 Å². The van der Waals surface area contributed by atoms with Crippen molar-refractivity contribution in [1.82, 2.24) is 15.3 Å². The van der Waals surface area contributed by atoms with Crippen LogP contribution in [0.3, 0.4) is 0 Å². The minimum Gasteiger partial charge on any atom is -0.392 e. The van der Waals surface area contributed by atoms with Gasteiger partial charge in [-0.15, -0.1) is 0 Å². The third-order valence-electron chi connectivity index (χ3n) is 2.85. The molecule has 0 radical (unpaired) electrons. The van der Waals surface area contributed by atoms with Gasteiger partial charge < -0.3 is 15.4 Å². The molecule has 1 atom stereocenters. The number of aliphatic hydroxyl groups excluding tert-OH is 1. The molecule has 0 aromatic carbocycles. The van der Waals surface area contributed by atoms with E-state index in [0.29, 0.717) is 6.54 Å². The standard InChI is InChI=1S/C13H19N3O/c1-2-4-11(17)9-14-7-10-8-16-13-12(10)5-3-6-15-13/h3,5-6,8,11,14,17H,2,4,7,9H2,1H3,(H,15,16). The van der Waals surface area contributed by atoms with E-state index in [9.17, 15) is 5.11 Å². The monoisotopic (exact) mass is 233 g/mol. The second-order valence-electron chi connectivity index (χ2n) is 4.29. The topological polar surface area (TPSA) is 60.9 Å². The molecule has 17 heavy (non-hydrogen) atoms. The summed E-state index contributed by atoms with van der Waals surface area (Å²) in [5, 5.41) is 14.0. The fourth-order valence-corrected chi connectivity index (χ4v) is 1.97. The number of hydrogen-bond donors (Lipinski definition) is 3. The first-order valence-corrected chi connectivity index (χ1v) is 6.11. The number of H-pyrrole nitrogens is 1.